The van der Waals surface area contributed by atoms with Crippen molar-refractivity contribution in [3.05, 3.63) is 60.8 Å². The molecule has 0 saturated heterocycles. The third-order valence-corrected chi connectivity index (χ3v) is 14.1. The van der Waals surface area contributed by atoms with Crippen molar-refractivity contribution in [3.63, 3.8) is 0 Å². The molecule has 0 heterocycles. The molecule has 0 saturated carbocycles. The molecular weight excluding hydrogens is 885 g/mol. The molecule has 5 nitrogen and oxygen atoms in total. The summed E-state index contributed by atoms with van der Waals surface area (Å²) in [5.74, 6) is -0.414. The van der Waals surface area contributed by atoms with Gasteiger partial charge in [0.1, 0.15) is 6.61 Å². The van der Waals surface area contributed by atoms with Crippen LogP contribution in [0.25, 0.3) is 0 Å². The highest BCUT2D eigenvalue weighted by Gasteiger charge is 2.17. The molecule has 1 unspecified atom stereocenters. The van der Waals surface area contributed by atoms with Crippen LogP contribution >= 0.6 is 0 Å². The third-order valence-electron chi connectivity index (χ3n) is 14.1. The summed E-state index contributed by atoms with van der Waals surface area (Å²) in [4.78, 5) is 25.6. The predicted octanol–water partition coefficient (Wildman–Crippen LogP) is 22.0. The first-order valence-corrected chi connectivity index (χ1v) is 31.8. The fourth-order valence-electron chi connectivity index (χ4n) is 9.36. The molecule has 0 rings (SSSR count). The van der Waals surface area contributed by atoms with Crippen LogP contribution in [0.2, 0.25) is 0 Å². The van der Waals surface area contributed by atoms with Gasteiger partial charge in [-0.25, -0.2) is 0 Å². The Morgan fingerprint density at radius 2 is 0.625 bits per heavy atom. The van der Waals surface area contributed by atoms with E-state index < -0.39 is 6.10 Å². The molecule has 5 heteroatoms. The summed E-state index contributed by atoms with van der Waals surface area (Å²) in [6, 6.07) is 0. The second-order valence-electron chi connectivity index (χ2n) is 21.3. The molecular formula is C67H122O5. The van der Waals surface area contributed by atoms with E-state index in [-0.39, 0.29) is 25.2 Å². The van der Waals surface area contributed by atoms with E-state index in [1.807, 2.05) is 0 Å². The molecule has 0 spiro atoms. The van der Waals surface area contributed by atoms with Crippen LogP contribution in [0.3, 0.4) is 0 Å². The molecule has 0 aliphatic heterocycles. The zero-order chi connectivity index (χ0) is 52.0. The lowest BCUT2D eigenvalue weighted by Gasteiger charge is -2.18. The quantitative estimate of drug-likeness (QED) is 0.0345. The number of carbonyl (C=O) groups excluding carboxylic acids is 2. The second-order valence-corrected chi connectivity index (χ2v) is 21.3. The largest absolute Gasteiger partial charge is 0.462 e. The summed E-state index contributed by atoms with van der Waals surface area (Å²) in [6.07, 6.45) is 81.2. The van der Waals surface area contributed by atoms with E-state index in [2.05, 4.69) is 81.5 Å². The lowest BCUT2D eigenvalue weighted by Crippen LogP contribution is -2.30. The lowest BCUT2D eigenvalue weighted by molar-refractivity contribution is -0.163. The summed E-state index contributed by atoms with van der Waals surface area (Å²) in [7, 11) is 0. The number of hydrogen-bond acceptors (Lipinski definition) is 5. The smallest absolute Gasteiger partial charge is 0.306 e. The van der Waals surface area contributed by atoms with Crippen LogP contribution in [-0.4, -0.2) is 37.9 Å². The van der Waals surface area contributed by atoms with E-state index >= 15 is 0 Å². The van der Waals surface area contributed by atoms with E-state index in [4.69, 9.17) is 14.2 Å². The van der Waals surface area contributed by atoms with Crippen molar-refractivity contribution in [1.29, 1.82) is 0 Å². The first-order chi connectivity index (χ1) is 35.6. The Balaban J connectivity index is 4.29. The summed E-state index contributed by atoms with van der Waals surface area (Å²) >= 11 is 0. The Morgan fingerprint density at radius 1 is 0.319 bits per heavy atom. The lowest BCUT2D eigenvalue weighted by atomic mass is 10.0. The molecule has 0 fully saturated rings. The van der Waals surface area contributed by atoms with Crippen molar-refractivity contribution < 1.29 is 23.8 Å². The van der Waals surface area contributed by atoms with Crippen LogP contribution in [0.4, 0.5) is 0 Å². The van der Waals surface area contributed by atoms with Crippen molar-refractivity contribution in [3.8, 4) is 0 Å². The van der Waals surface area contributed by atoms with Gasteiger partial charge in [0.2, 0.25) is 0 Å². The van der Waals surface area contributed by atoms with Crippen LogP contribution in [0.15, 0.2) is 60.8 Å². The molecule has 0 aromatic carbocycles. The molecule has 0 bridgehead atoms. The average Bonchev–Trinajstić information content (AvgIpc) is 3.38. The van der Waals surface area contributed by atoms with E-state index in [9.17, 15) is 9.59 Å². The molecule has 0 aliphatic rings. The Kier molecular flexibility index (Phi) is 60.8. The minimum atomic E-state index is -0.548. The molecule has 72 heavy (non-hydrogen) atoms. The highest BCUT2D eigenvalue weighted by molar-refractivity contribution is 5.70. The van der Waals surface area contributed by atoms with Gasteiger partial charge in [-0.2, -0.15) is 0 Å². The highest BCUT2D eigenvalue weighted by Crippen LogP contribution is 2.17. The first kappa shape index (κ1) is 69.6. The minimum Gasteiger partial charge on any atom is -0.462 e. The Bertz CT molecular complexity index is 1230. The standard InChI is InChI=1S/C67H122O5/c1-4-7-10-13-16-19-22-25-28-31-33-35-38-41-44-47-50-53-56-59-62-70-63-65(72-67(69)61-58-55-52-49-46-43-40-36-30-27-24-21-18-15-12-9-6-3)64-71-66(68)60-57-54-51-48-45-42-39-37-34-32-29-26-23-20-17-14-11-8-5-2/h8,11,17,20,26,29,34,37,42,45,65H,4-7,9-10,12-16,18-19,21-25,27-28,30-33,35-36,38-41,43-44,46-64H2,1-3H3/b11-8-,20-17-,29-26-,37-34-,45-42-. The summed E-state index contributed by atoms with van der Waals surface area (Å²) in [5.41, 5.74) is 0. The van der Waals surface area contributed by atoms with Crippen molar-refractivity contribution in [2.75, 3.05) is 19.8 Å². The Labute approximate surface area is 449 Å². The maximum Gasteiger partial charge on any atom is 0.306 e. The Hall–Kier alpha value is -2.40. The number of unbranched alkanes of at least 4 members (excludes halogenated alkanes) is 38. The summed E-state index contributed by atoms with van der Waals surface area (Å²) in [6.45, 7) is 7.75. The Morgan fingerprint density at radius 3 is 1.00 bits per heavy atom. The number of ether oxygens (including phenoxy) is 3. The van der Waals surface area contributed by atoms with Crippen LogP contribution in [-0.2, 0) is 23.8 Å². The van der Waals surface area contributed by atoms with Gasteiger partial charge in [0.05, 0.1) is 6.61 Å². The van der Waals surface area contributed by atoms with Gasteiger partial charge < -0.3 is 14.2 Å². The second kappa shape index (κ2) is 62.9. The molecule has 420 valence electrons. The van der Waals surface area contributed by atoms with Crippen LogP contribution in [0.5, 0.6) is 0 Å². The van der Waals surface area contributed by atoms with Gasteiger partial charge in [0.25, 0.3) is 0 Å². The van der Waals surface area contributed by atoms with Gasteiger partial charge in [0, 0.05) is 19.4 Å². The number of allylic oxidation sites excluding steroid dienone is 10. The van der Waals surface area contributed by atoms with Crippen molar-refractivity contribution in [2.45, 2.75) is 335 Å². The van der Waals surface area contributed by atoms with Crippen molar-refractivity contribution >= 4 is 11.9 Å². The summed E-state index contributed by atoms with van der Waals surface area (Å²) in [5, 5.41) is 0. The van der Waals surface area contributed by atoms with E-state index in [1.165, 1.54) is 218 Å². The van der Waals surface area contributed by atoms with Crippen molar-refractivity contribution in [2.24, 2.45) is 0 Å². The molecule has 0 aromatic rings. The average molecular weight is 1010 g/mol. The number of rotatable bonds is 59. The van der Waals surface area contributed by atoms with Gasteiger partial charge in [-0.3, -0.25) is 9.59 Å². The van der Waals surface area contributed by atoms with Gasteiger partial charge in [-0.15, -0.1) is 0 Å². The third kappa shape index (κ3) is 60.2. The molecule has 0 N–H and O–H groups in total. The first-order valence-electron chi connectivity index (χ1n) is 31.8. The maximum atomic E-state index is 12.9. The van der Waals surface area contributed by atoms with Crippen LogP contribution < -0.4 is 0 Å². The molecule has 1 atom stereocenters. The zero-order valence-electron chi connectivity index (χ0n) is 48.5. The number of esters is 2. The number of hydrogen-bond donors (Lipinski definition) is 0. The molecule has 0 radical (unpaired) electrons. The fraction of sp³-hybridized carbons (Fsp3) is 0.821. The molecule has 0 amide bonds. The van der Waals surface area contributed by atoms with Crippen LogP contribution in [0, 0.1) is 0 Å². The zero-order valence-corrected chi connectivity index (χ0v) is 48.5. The topological polar surface area (TPSA) is 61.8 Å². The van der Waals surface area contributed by atoms with Crippen molar-refractivity contribution in [1.82, 2.24) is 0 Å². The van der Waals surface area contributed by atoms with E-state index in [1.54, 1.807) is 0 Å². The highest BCUT2D eigenvalue weighted by atomic mass is 16.6. The summed E-state index contributed by atoms with van der Waals surface area (Å²) < 4.78 is 17.5. The van der Waals surface area contributed by atoms with Gasteiger partial charge in [0.15, 0.2) is 6.10 Å². The van der Waals surface area contributed by atoms with Gasteiger partial charge in [-0.05, 0) is 64.2 Å². The van der Waals surface area contributed by atoms with Gasteiger partial charge in [-0.1, -0.05) is 313 Å². The fourth-order valence-corrected chi connectivity index (χ4v) is 9.36. The number of carbonyl (C=O) groups is 2. The molecule has 0 aromatic heterocycles. The van der Waals surface area contributed by atoms with Crippen LogP contribution in [0.1, 0.15) is 329 Å². The monoisotopic (exact) mass is 1010 g/mol. The van der Waals surface area contributed by atoms with E-state index in [0.717, 1.165) is 77.0 Å². The predicted molar refractivity (Wildman–Crippen MR) is 316 cm³/mol. The van der Waals surface area contributed by atoms with Gasteiger partial charge >= 0.3 is 11.9 Å². The van der Waals surface area contributed by atoms with E-state index in [0.29, 0.717) is 19.4 Å². The minimum absolute atomic E-state index is 0.0723. The molecule has 0 aliphatic carbocycles. The SMILES string of the molecule is CC/C=C\C/C=C\C/C=C\C/C=C\C/C=C\CCCCCC(=O)OCC(COCCCCCCCCCCCCCCCCCCCCCC)OC(=O)CCCCCCCCCCCCCCCCCCC. The normalized spacial score (nSPS) is 12.5. The maximum absolute atomic E-state index is 12.9.